The molecule has 0 bridgehead atoms. The molecule has 0 aliphatic heterocycles. The summed E-state index contributed by atoms with van der Waals surface area (Å²) in [6.45, 7) is 11.9. The number of aliphatic hydroxyl groups excluding tert-OH is 1. The van der Waals surface area contributed by atoms with E-state index >= 15 is 0 Å². The quantitative estimate of drug-likeness (QED) is 0.0222. The first-order valence-corrected chi connectivity index (χ1v) is 45.3. The van der Waals surface area contributed by atoms with E-state index < -0.39 is 97.5 Å². The molecule has 600 valence electrons. The molecule has 0 aliphatic rings. The van der Waals surface area contributed by atoms with Gasteiger partial charge in [0.05, 0.1) is 26.4 Å². The van der Waals surface area contributed by atoms with E-state index in [0.29, 0.717) is 31.6 Å². The van der Waals surface area contributed by atoms with Crippen LogP contribution in [0.1, 0.15) is 427 Å². The van der Waals surface area contributed by atoms with Crippen LogP contribution in [0.15, 0.2) is 0 Å². The van der Waals surface area contributed by atoms with E-state index in [9.17, 15) is 43.2 Å². The standard InChI is InChI=1S/C82H160O17P2/c1-8-9-10-11-12-13-14-15-16-17-18-22-25-28-31-36-41-49-56-63-79(84)92-69-77(98-81(86)65-58-51-42-37-32-29-26-23-20-19-21-24-27-30-34-39-46-53-60-73(2)3)71-96-100(88,89)94-67-76(83)68-95-101(90,91)97-72-78(70-93-80(85)64-57-50-45-44-48-55-62-75(6)7)99-82(87)66-59-52-43-38-33-35-40-47-54-61-74(4)5/h73-78,83H,8-72H2,1-7H3,(H,88,89)(H,90,91)/t76-,77-,78-/m1/s1. The van der Waals surface area contributed by atoms with Gasteiger partial charge in [-0.25, -0.2) is 9.13 Å². The van der Waals surface area contributed by atoms with Crippen LogP contribution >= 0.6 is 15.6 Å². The highest BCUT2D eigenvalue weighted by atomic mass is 31.2. The molecule has 0 aromatic heterocycles. The maximum Gasteiger partial charge on any atom is 0.472 e. The fourth-order valence-electron chi connectivity index (χ4n) is 12.7. The zero-order chi connectivity index (χ0) is 74.4. The number of hydrogen-bond donors (Lipinski definition) is 3. The second-order valence-electron chi connectivity index (χ2n) is 30.9. The Morgan fingerprint density at radius 3 is 0.673 bits per heavy atom. The Morgan fingerprint density at radius 1 is 0.267 bits per heavy atom. The number of ether oxygens (including phenoxy) is 4. The summed E-state index contributed by atoms with van der Waals surface area (Å²) in [5, 5.41) is 10.6. The fourth-order valence-corrected chi connectivity index (χ4v) is 14.2. The van der Waals surface area contributed by atoms with Gasteiger partial charge in [-0.15, -0.1) is 0 Å². The summed E-state index contributed by atoms with van der Waals surface area (Å²) in [5.74, 6) is 0.122. The molecular formula is C82H160O17P2. The molecule has 0 heterocycles. The van der Waals surface area contributed by atoms with Crippen LogP contribution in [0.25, 0.3) is 0 Å². The van der Waals surface area contributed by atoms with Gasteiger partial charge in [-0.2, -0.15) is 0 Å². The van der Waals surface area contributed by atoms with Gasteiger partial charge in [-0.05, 0) is 43.4 Å². The van der Waals surface area contributed by atoms with Crippen LogP contribution in [0.2, 0.25) is 0 Å². The van der Waals surface area contributed by atoms with E-state index in [1.54, 1.807) is 0 Å². The van der Waals surface area contributed by atoms with Crippen LogP contribution in [-0.2, 0) is 65.4 Å². The number of carbonyl (C=O) groups excluding carboxylic acids is 4. The van der Waals surface area contributed by atoms with Crippen molar-refractivity contribution in [2.45, 2.75) is 446 Å². The smallest absolute Gasteiger partial charge is 0.462 e. The van der Waals surface area contributed by atoms with Crippen LogP contribution in [-0.4, -0.2) is 96.7 Å². The molecule has 101 heavy (non-hydrogen) atoms. The monoisotopic (exact) mass is 1480 g/mol. The van der Waals surface area contributed by atoms with E-state index in [0.717, 1.165) is 108 Å². The van der Waals surface area contributed by atoms with Crippen molar-refractivity contribution in [2.75, 3.05) is 39.6 Å². The van der Waals surface area contributed by atoms with Gasteiger partial charge in [0.25, 0.3) is 0 Å². The van der Waals surface area contributed by atoms with Crippen molar-refractivity contribution in [1.29, 1.82) is 0 Å². The third kappa shape index (κ3) is 76.1. The molecule has 0 aliphatic carbocycles. The number of aliphatic hydroxyl groups is 1. The zero-order valence-corrected chi connectivity index (χ0v) is 68.2. The molecule has 0 rings (SSSR count). The molecule has 0 saturated carbocycles. The van der Waals surface area contributed by atoms with Crippen LogP contribution < -0.4 is 0 Å². The molecule has 0 radical (unpaired) electrons. The maximum absolute atomic E-state index is 13.1. The normalized spacial score (nSPS) is 14.0. The molecule has 0 amide bonds. The Kier molecular flexibility index (Phi) is 70.9. The third-order valence-corrected chi connectivity index (χ3v) is 21.0. The van der Waals surface area contributed by atoms with Gasteiger partial charge < -0.3 is 33.8 Å². The number of hydrogen-bond acceptors (Lipinski definition) is 15. The number of phosphoric acid groups is 2. The van der Waals surface area contributed by atoms with Crippen molar-refractivity contribution < 1.29 is 80.2 Å². The average molecular weight is 1480 g/mol. The van der Waals surface area contributed by atoms with Gasteiger partial charge in [0.15, 0.2) is 12.2 Å². The average Bonchev–Trinajstić information content (AvgIpc) is 0.921. The molecule has 0 saturated heterocycles. The lowest BCUT2D eigenvalue weighted by Gasteiger charge is -2.21. The summed E-state index contributed by atoms with van der Waals surface area (Å²) < 4.78 is 68.7. The first kappa shape index (κ1) is 99.1. The van der Waals surface area contributed by atoms with Gasteiger partial charge in [0, 0.05) is 25.7 Å². The lowest BCUT2D eigenvalue weighted by Crippen LogP contribution is -2.30. The molecular weight excluding hydrogens is 1320 g/mol. The van der Waals surface area contributed by atoms with Crippen LogP contribution in [0, 0.1) is 17.8 Å². The van der Waals surface area contributed by atoms with Crippen molar-refractivity contribution in [3.8, 4) is 0 Å². The summed E-state index contributed by atoms with van der Waals surface area (Å²) >= 11 is 0. The molecule has 0 aromatic carbocycles. The molecule has 3 N–H and O–H groups in total. The van der Waals surface area contributed by atoms with Crippen LogP contribution in [0.5, 0.6) is 0 Å². The largest absolute Gasteiger partial charge is 0.472 e. The molecule has 0 fully saturated rings. The number of phosphoric ester groups is 2. The topological polar surface area (TPSA) is 237 Å². The van der Waals surface area contributed by atoms with Crippen LogP contribution in [0.4, 0.5) is 0 Å². The lowest BCUT2D eigenvalue weighted by molar-refractivity contribution is -0.161. The summed E-state index contributed by atoms with van der Waals surface area (Å²) in [6, 6.07) is 0. The highest BCUT2D eigenvalue weighted by Crippen LogP contribution is 2.45. The minimum absolute atomic E-state index is 0.104. The number of rotatable bonds is 80. The van der Waals surface area contributed by atoms with E-state index in [1.165, 1.54) is 231 Å². The molecule has 5 atom stereocenters. The minimum atomic E-state index is -4.96. The Hall–Kier alpha value is -1.94. The lowest BCUT2D eigenvalue weighted by atomic mass is 10.0. The van der Waals surface area contributed by atoms with Crippen molar-refractivity contribution in [1.82, 2.24) is 0 Å². The van der Waals surface area contributed by atoms with E-state index in [-0.39, 0.29) is 25.7 Å². The van der Waals surface area contributed by atoms with Gasteiger partial charge >= 0.3 is 39.5 Å². The second kappa shape index (κ2) is 72.3. The van der Waals surface area contributed by atoms with E-state index in [1.807, 2.05) is 0 Å². The first-order chi connectivity index (χ1) is 48.7. The summed E-state index contributed by atoms with van der Waals surface area (Å²) in [4.78, 5) is 73.0. The van der Waals surface area contributed by atoms with Gasteiger partial charge in [0.1, 0.15) is 19.3 Å². The van der Waals surface area contributed by atoms with Crippen molar-refractivity contribution in [3.05, 3.63) is 0 Å². The van der Waals surface area contributed by atoms with Gasteiger partial charge in [-0.1, -0.05) is 376 Å². The van der Waals surface area contributed by atoms with Crippen LogP contribution in [0.3, 0.4) is 0 Å². The Labute approximate surface area is 619 Å². The van der Waals surface area contributed by atoms with Crippen molar-refractivity contribution >= 4 is 39.5 Å². The highest BCUT2D eigenvalue weighted by molar-refractivity contribution is 7.47. The first-order valence-electron chi connectivity index (χ1n) is 42.3. The third-order valence-electron chi connectivity index (χ3n) is 19.1. The van der Waals surface area contributed by atoms with Crippen molar-refractivity contribution in [3.63, 3.8) is 0 Å². The molecule has 2 unspecified atom stereocenters. The molecule has 17 nitrogen and oxygen atoms in total. The highest BCUT2D eigenvalue weighted by Gasteiger charge is 2.30. The van der Waals surface area contributed by atoms with E-state index in [4.69, 9.17) is 37.0 Å². The Balaban J connectivity index is 5.20. The van der Waals surface area contributed by atoms with Gasteiger partial charge in [-0.3, -0.25) is 37.3 Å². The Bertz CT molecular complexity index is 1960. The molecule has 0 aromatic rings. The van der Waals surface area contributed by atoms with Gasteiger partial charge in [0.2, 0.25) is 0 Å². The number of carbonyl (C=O) groups is 4. The Morgan fingerprint density at radius 2 is 0.455 bits per heavy atom. The van der Waals surface area contributed by atoms with E-state index in [2.05, 4.69) is 48.5 Å². The SMILES string of the molecule is CCCCCCCCCCCCCCCCCCCCCC(=O)OC[C@H](COP(=O)(O)OC[C@@H](O)COP(=O)(O)OC[C@@H](COC(=O)CCCCCCCCC(C)C)OC(=O)CCCCCCCCCCCC(C)C)OC(=O)CCCCCCCCCCCCCCCCCCCCC(C)C. The number of unbranched alkanes of at least 4 members (excludes halogenated alkanes) is 48. The number of esters is 4. The summed E-state index contributed by atoms with van der Waals surface area (Å²) in [6.07, 6.45) is 61.4. The fraction of sp³-hybridized carbons (Fsp3) is 0.951. The summed E-state index contributed by atoms with van der Waals surface area (Å²) in [7, 11) is -9.92. The summed E-state index contributed by atoms with van der Waals surface area (Å²) in [5.41, 5.74) is 0. The second-order valence-corrected chi connectivity index (χ2v) is 33.8. The maximum atomic E-state index is 13.1. The predicted molar refractivity (Wildman–Crippen MR) is 414 cm³/mol. The minimum Gasteiger partial charge on any atom is -0.462 e. The van der Waals surface area contributed by atoms with Crippen molar-refractivity contribution in [2.24, 2.45) is 17.8 Å². The molecule has 19 heteroatoms. The molecule has 0 spiro atoms. The predicted octanol–water partition coefficient (Wildman–Crippen LogP) is 24.5. The zero-order valence-electron chi connectivity index (χ0n) is 66.4.